The van der Waals surface area contributed by atoms with Crippen molar-refractivity contribution in [3.63, 3.8) is 0 Å². The van der Waals surface area contributed by atoms with Gasteiger partial charge < -0.3 is 0 Å². The van der Waals surface area contributed by atoms with Gasteiger partial charge in [0.2, 0.25) is 5.91 Å². The number of ketones is 1. The number of amides is 1. The largest absolute Gasteiger partial charge is 0.294 e. The van der Waals surface area contributed by atoms with E-state index in [2.05, 4.69) is 0 Å². The second-order valence-electron chi connectivity index (χ2n) is 8.71. The van der Waals surface area contributed by atoms with Crippen LogP contribution in [0.1, 0.15) is 38.7 Å². The fourth-order valence-electron chi connectivity index (χ4n) is 4.33. The van der Waals surface area contributed by atoms with Crippen LogP contribution in [-0.2, 0) is 9.59 Å². The second kappa shape index (κ2) is 7.84. The number of hydrogen-bond acceptors (Lipinski definition) is 2. The van der Waals surface area contributed by atoms with Crippen molar-refractivity contribution in [2.45, 2.75) is 33.1 Å². The van der Waals surface area contributed by atoms with Gasteiger partial charge in [0, 0.05) is 30.0 Å². The molecular formula is C25H23ClFNO2. The summed E-state index contributed by atoms with van der Waals surface area (Å²) in [6.45, 7) is 4.05. The molecule has 2 aromatic rings. The number of carbonyl (C=O) groups is 2. The van der Waals surface area contributed by atoms with Gasteiger partial charge in [0.25, 0.3) is 0 Å². The van der Waals surface area contributed by atoms with Crippen LogP contribution in [0.2, 0.25) is 5.02 Å². The zero-order valence-electron chi connectivity index (χ0n) is 17.0. The van der Waals surface area contributed by atoms with Crippen LogP contribution in [0.5, 0.6) is 0 Å². The summed E-state index contributed by atoms with van der Waals surface area (Å²) >= 11 is 5.98. The molecule has 0 saturated carbocycles. The van der Waals surface area contributed by atoms with Gasteiger partial charge in [0.1, 0.15) is 5.82 Å². The fourth-order valence-corrected chi connectivity index (χ4v) is 4.51. The smallest absolute Gasteiger partial charge is 0.232 e. The van der Waals surface area contributed by atoms with Gasteiger partial charge in [-0.1, -0.05) is 67.9 Å². The van der Waals surface area contributed by atoms with E-state index in [-0.39, 0.29) is 34.5 Å². The Hall–Kier alpha value is -2.72. The molecule has 0 bridgehead atoms. The predicted octanol–water partition coefficient (Wildman–Crippen LogP) is 6.19. The molecule has 154 valence electrons. The first-order valence-electron chi connectivity index (χ1n) is 10.0. The first-order chi connectivity index (χ1) is 14.2. The van der Waals surface area contributed by atoms with Crippen molar-refractivity contribution in [2.75, 3.05) is 4.90 Å². The lowest BCUT2D eigenvalue weighted by Crippen LogP contribution is -2.44. The van der Waals surface area contributed by atoms with E-state index >= 15 is 0 Å². The van der Waals surface area contributed by atoms with Crippen molar-refractivity contribution in [1.82, 2.24) is 0 Å². The van der Waals surface area contributed by atoms with Crippen molar-refractivity contribution >= 4 is 35.1 Å². The van der Waals surface area contributed by atoms with E-state index < -0.39 is 5.82 Å². The summed E-state index contributed by atoms with van der Waals surface area (Å²) in [5.74, 6) is -0.870. The third kappa shape index (κ3) is 3.97. The fraction of sp³-hybridized carbons (Fsp3) is 0.280. The Balaban J connectivity index is 1.81. The van der Waals surface area contributed by atoms with Crippen molar-refractivity contribution in [1.29, 1.82) is 0 Å². The highest BCUT2D eigenvalue weighted by atomic mass is 35.5. The third-order valence-electron chi connectivity index (χ3n) is 5.66. The first-order valence-corrected chi connectivity index (χ1v) is 10.4. The van der Waals surface area contributed by atoms with Gasteiger partial charge >= 0.3 is 0 Å². The molecule has 1 aliphatic heterocycles. The lowest BCUT2D eigenvalue weighted by Gasteiger charge is -2.42. The molecule has 2 aromatic carbocycles. The molecule has 1 aliphatic carbocycles. The Labute approximate surface area is 180 Å². The molecule has 0 spiro atoms. The minimum absolute atomic E-state index is 0.0463. The third-order valence-corrected chi connectivity index (χ3v) is 5.95. The lowest BCUT2D eigenvalue weighted by molar-refractivity contribution is -0.121. The predicted molar refractivity (Wildman–Crippen MR) is 118 cm³/mol. The molecular weight excluding hydrogens is 401 g/mol. The number of anilines is 1. The summed E-state index contributed by atoms with van der Waals surface area (Å²) in [5.41, 5.74) is 2.64. The Morgan fingerprint density at radius 3 is 2.53 bits per heavy atom. The summed E-state index contributed by atoms with van der Waals surface area (Å²) in [4.78, 5) is 27.9. The quantitative estimate of drug-likeness (QED) is 0.590. The van der Waals surface area contributed by atoms with Crippen LogP contribution >= 0.6 is 11.6 Å². The number of nitrogens with zero attached hydrogens (tertiary/aromatic N) is 1. The number of rotatable bonds is 3. The molecule has 1 heterocycles. The molecule has 2 aliphatic rings. The van der Waals surface area contributed by atoms with Crippen LogP contribution in [0.4, 0.5) is 10.1 Å². The van der Waals surface area contributed by atoms with Crippen molar-refractivity contribution in [2.24, 2.45) is 11.3 Å². The van der Waals surface area contributed by atoms with E-state index in [1.165, 1.54) is 18.2 Å². The van der Waals surface area contributed by atoms with Gasteiger partial charge in [-0.15, -0.1) is 0 Å². The van der Waals surface area contributed by atoms with Crippen molar-refractivity contribution < 1.29 is 14.0 Å². The molecule has 0 aromatic heterocycles. The normalized spacial score (nSPS) is 21.3. The number of hydrogen-bond donors (Lipinski definition) is 0. The van der Waals surface area contributed by atoms with Gasteiger partial charge in [-0.25, -0.2) is 4.39 Å². The molecule has 3 nitrogen and oxygen atoms in total. The average molecular weight is 424 g/mol. The van der Waals surface area contributed by atoms with E-state index in [1.807, 2.05) is 56.3 Å². The maximum absolute atomic E-state index is 13.7. The molecule has 5 heteroatoms. The molecule has 4 rings (SSSR count). The number of benzene rings is 2. The highest BCUT2D eigenvalue weighted by Crippen LogP contribution is 2.46. The summed E-state index contributed by atoms with van der Waals surface area (Å²) in [6, 6.07) is 14.0. The number of allylic oxidation sites excluding steroid dienone is 3. The van der Waals surface area contributed by atoms with Gasteiger partial charge in [-0.2, -0.15) is 0 Å². The van der Waals surface area contributed by atoms with Gasteiger partial charge in [-0.05, 0) is 35.6 Å². The zero-order chi connectivity index (χ0) is 21.5. The van der Waals surface area contributed by atoms with Gasteiger partial charge in [0.15, 0.2) is 5.78 Å². The minimum atomic E-state index is -0.539. The Morgan fingerprint density at radius 2 is 1.83 bits per heavy atom. The van der Waals surface area contributed by atoms with Crippen LogP contribution in [0, 0.1) is 17.2 Å². The summed E-state index contributed by atoms with van der Waals surface area (Å²) in [7, 11) is 0. The molecule has 1 amide bonds. The van der Waals surface area contributed by atoms with Crippen LogP contribution in [-0.4, -0.2) is 11.7 Å². The minimum Gasteiger partial charge on any atom is -0.294 e. The van der Waals surface area contributed by atoms with Crippen molar-refractivity contribution in [3.8, 4) is 0 Å². The second-order valence-corrected chi connectivity index (χ2v) is 9.12. The van der Waals surface area contributed by atoms with Crippen LogP contribution in [0.25, 0.3) is 6.08 Å². The highest BCUT2D eigenvalue weighted by Gasteiger charge is 2.43. The standard InChI is InChI=1S/C25H23ClFNO2/c1-25(2)14-21-24(22(29)15-25)17(9-8-16-6-4-3-5-7-16)12-23(30)28(21)18-10-11-20(27)19(26)13-18/h3-11,13,17H,12,14-15H2,1-2H3/b9-8+. The topological polar surface area (TPSA) is 37.4 Å². The molecule has 0 radical (unpaired) electrons. The monoisotopic (exact) mass is 423 g/mol. The van der Waals surface area contributed by atoms with Crippen LogP contribution < -0.4 is 4.90 Å². The molecule has 0 fully saturated rings. The molecule has 30 heavy (non-hydrogen) atoms. The first kappa shape index (κ1) is 20.5. The average Bonchev–Trinajstić information content (AvgIpc) is 2.68. The van der Waals surface area contributed by atoms with Crippen LogP contribution in [0.15, 0.2) is 65.9 Å². The summed E-state index contributed by atoms with van der Waals surface area (Å²) in [5, 5.41) is -0.0463. The SMILES string of the molecule is CC1(C)CC(=O)C2=C(C1)N(c1ccc(F)c(Cl)c1)C(=O)CC2/C=C/c1ccccc1. The van der Waals surface area contributed by atoms with E-state index in [9.17, 15) is 14.0 Å². The molecule has 0 N–H and O–H groups in total. The molecule has 1 atom stereocenters. The van der Waals surface area contributed by atoms with Crippen molar-refractivity contribution in [3.05, 3.63) is 82.3 Å². The van der Waals surface area contributed by atoms with E-state index in [4.69, 9.17) is 11.6 Å². The van der Waals surface area contributed by atoms with Crippen LogP contribution in [0.3, 0.4) is 0 Å². The summed E-state index contributed by atoms with van der Waals surface area (Å²) < 4.78 is 13.7. The number of Topliss-reactive ketones (excluding diaryl/α,β-unsaturated/α-hetero) is 1. The van der Waals surface area contributed by atoms with E-state index in [1.54, 1.807) is 4.90 Å². The highest BCUT2D eigenvalue weighted by molar-refractivity contribution is 6.31. The Morgan fingerprint density at radius 1 is 1.10 bits per heavy atom. The van der Waals surface area contributed by atoms with Gasteiger partial charge in [0.05, 0.1) is 10.7 Å². The number of carbonyl (C=O) groups excluding carboxylic acids is 2. The number of halogens is 2. The molecule has 0 saturated heterocycles. The molecule has 1 unspecified atom stereocenters. The lowest BCUT2D eigenvalue weighted by atomic mass is 9.70. The maximum Gasteiger partial charge on any atom is 0.232 e. The Bertz CT molecular complexity index is 1070. The zero-order valence-corrected chi connectivity index (χ0v) is 17.7. The Kier molecular flexibility index (Phi) is 5.37. The van der Waals surface area contributed by atoms with E-state index in [0.717, 1.165) is 5.56 Å². The van der Waals surface area contributed by atoms with Gasteiger partial charge in [-0.3, -0.25) is 14.5 Å². The van der Waals surface area contributed by atoms with E-state index in [0.29, 0.717) is 29.8 Å². The maximum atomic E-state index is 13.7. The summed E-state index contributed by atoms with van der Waals surface area (Å²) in [6.07, 6.45) is 5.12.